The molecule has 0 heterocycles. The first kappa shape index (κ1) is 25.5. The highest BCUT2D eigenvalue weighted by molar-refractivity contribution is 7.89. The predicted molar refractivity (Wildman–Crippen MR) is 124 cm³/mol. The maximum atomic E-state index is 12.8. The zero-order chi connectivity index (χ0) is 23.9. The summed E-state index contributed by atoms with van der Waals surface area (Å²) in [4.78, 5) is 27.0. The molecule has 2 rings (SSSR count). The Labute approximate surface area is 191 Å². The lowest BCUT2D eigenvalue weighted by Crippen LogP contribution is -2.46. The van der Waals surface area contributed by atoms with Crippen LogP contribution in [0.15, 0.2) is 59.5 Å². The van der Waals surface area contributed by atoms with Crippen LogP contribution in [0.1, 0.15) is 50.5 Å². The Kier molecular flexibility index (Phi) is 8.58. The lowest BCUT2D eigenvalue weighted by atomic mass is 10.0. The summed E-state index contributed by atoms with van der Waals surface area (Å²) in [7, 11) is -3.61. The van der Waals surface area contributed by atoms with E-state index < -0.39 is 28.1 Å². The quantitative estimate of drug-likeness (QED) is 0.533. The van der Waals surface area contributed by atoms with Gasteiger partial charge in [0.25, 0.3) is 5.91 Å². The Morgan fingerprint density at radius 3 is 1.97 bits per heavy atom. The van der Waals surface area contributed by atoms with Crippen LogP contribution in [0.3, 0.4) is 0 Å². The number of sulfonamides is 1. The van der Waals surface area contributed by atoms with Gasteiger partial charge in [0.15, 0.2) is 6.61 Å². The van der Waals surface area contributed by atoms with E-state index in [9.17, 15) is 18.0 Å². The third kappa shape index (κ3) is 6.40. The Hall–Kier alpha value is -2.71. The molecule has 0 fully saturated rings. The van der Waals surface area contributed by atoms with Crippen molar-refractivity contribution in [3.8, 4) is 0 Å². The van der Waals surface area contributed by atoms with Crippen LogP contribution in [-0.4, -0.2) is 54.7 Å². The van der Waals surface area contributed by atoms with Gasteiger partial charge in [0.05, 0.1) is 10.5 Å². The van der Waals surface area contributed by atoms with E-state index in [2.05, 4.69) is 0 Å². The Balaban J connectivity index is 2.06. The number of amides is 1. The van der Waals surface area contributed by atoms with Gasteiger partial charge in [-0.15, -0.1) is 0 Å². The summed E-state index contributed by atoms with van der Waals surface area (Å²) in [5, 5.41) is 0. The molecule has 0 saturated heterocycles. The number of rotatable bonds is 9. The number of carbonyl (C=O) groups is 2. The van der Waals surface area contributed by atoms with Crippen LogP contribution in [0, 0.1) is 0 Å². The fourth-order valence-electron chi connectivity index (χ4n) is 3.23. The molecule has 174 valence electrons. The highest BCUT2D eigenvalue weighted by Crippen LogP contribution is 2.19. The number of benzene rings is 2. The van der Waals surface area contributed by atoms with Gasteiger partial charge in [0, 0.05) is 25.2 Å². The van der Waals surface area contributed by atoms with Gasteiger partial charge in [-0.25, -0.2) is 13.2 Å². The summed E-state index contributed by atoms with van der Waals surface area (Å²) in [5.41, 5.74) is 0.702. The summed E-state index contributed by atoms with van der Waals surface area (Å²) < 4.78 is 31.7. The highest BCUT2D eigenvalue weighted by atomic mass is 32.2. The summed E-state index contributed by atoms with van der Waals surface area (Å²) in [6.45, 7) is 10.0. The molecule has 0 aromatic heterocycles. The van der Waals surface area contributed by atoms with E-state index in [4.69, 9.17) is 4.74 Å². The summed E-state index contributed by atoms with van der Waals surface area (Å²) in [6, 6.07) is 15.1. The molecule has 2 aromatic rings. The lowest BCUT2D eigenvalue weighted by molar-refractivity contribution is -0.140. The number of carbonyl (C=O) groups excluding carboxylic acids is 2. The first-order valence-electron chi connectivity index (χ1n) is 10.6. The van der Waals surface area contributed by atoms with E-state index in [0.717, 1.165) is 5.56 Å². The van der Waals surface area contributed by atoms with Crippen molar-refractivity contribution in [1.82, 2.24) is 9.21 Å². The second-order valence-electron chi connectivity index (χ2n) is 8.33. The molecule has 0 atom stereocenters. The average molecular weight is 461 g/mol. The van der Waals surface area contributed by atoms with E-state index in [0.29, 0.717) is 19.6 Å². The number of ether oxygens (including phenoxy) is 1. The van der Waals surface area contributed by atoms with Crippen molar-refractivity contribution in [3.63, 3.8) is 0 Å². The van der Waals surface area contributed by atoms with Gasteiger partial charge in [0.1, 0.15) is 0 Å². The summed E-state index contributed by atoms with van der Waals surface area (Å²) in [6.07, 6.45) is 0. The van der Waals surface area contributed by atoms with Crippen LogP contribution < -0.4 is 0 Å². The number of hydrogen-bond donors (Lipinski definition) is 0. The molecule has 0 spiro atoms. The fraction of sp³-hybridized carbons (Fsp3) is 0.417. The van der Waals surface area contributed by atoms with E-state index >= 15 is 0 Å². The van der Waals surface area contributed by atoms with Crippen molar-refractivity contribution < 1.29 is 22.7 Å². The van der Waals surface area contributed by atoms with Crippen molar-refractivity contribution in [2.45, 2.75) is 51.6 Å². The maximum Gasteiger partial charge on any atom is 0.338 e. The van der Waals surface area contributed by atoms with Gasteiger partial charge < -0.3 is 9.64 Å². The normalized spacial score (nSPS) is 11.9. The minimum Gasteiger partial charge on any atom is -0.452 e. The maximum absolute atomic E-state index is 12.8. The van der Waals surface area contributed by atoms with E-state index in [1.807, 2.05) is 51.1 Å². The third-order valence-electron chi connectivity index (χ3n) is 5.05. The second kappa shape index (κ2) is 10.7. The Morgan fingerprint density at radius 2 is 1.47 bits per heavy atom. The fourth-order valence-corrected chi connectivity index (χ4v) is 4.69. The van der Waals surface area contributed by atoms with Gasteiger partial charge in [-0.05, 0) is 50.6 Å². The zero-order valence-corrected chi connectivity index (χ0v) is 20.2. The molecule has 0 N–H and O–H groups in total. The first-order chi connectivity index (χ1) is 15.0. The molecule has 2 aromatic carbocycles. The molecule has 0 saturated carbocycles. The van der Waals surface area contributed by atoms with Crippen LogP contribution in [0.25, 0.3) is 0 Å². The Bertz CT molecular complexity index is 1010. The van der Waals surface area contributed by atoms with E-state index in [1.165, 1.54) is 28.6 Å². The van der Waals surface area contributed by atoms with E-state index in [-0.39, 0.29) is 16.4 Å². The lowest BCUT2D eigenvalue weighted by Gasteiger charge is -2.35. The van der Waals surface area contributed by atoms with Crippen LogP contribution in [0.2, 0.25) is 0 Å². The average Bonchev–Trinajstić information content (AvgIpc) is 2.76. The number of esters is 1. The third-order valence-corrected chi connectivity index (χ3v) is 7.12. The van der Waals surface area contributed by atoms with Gasteiger partial charge >= 0.3 is 5.97 Å². The van der Waals surface area contributed by atoms with Crippen LogP contribution in [0.5, 0.6) is 0 Å². The zero-order valence-electron chi connectivity index (χ0n) is 19.4. The number of hydrogen-bond acceptors (Lipinski definition) is 5. The molecule has 1 amide bonds. The largest absolute Gasteiger partial charge is 0.452 e. The second-order valence-corrected chi connectivity index (χ2v) is 10.3. The van der Waals surface area contributed by atoms with E-state index in [1.54, 1.807) is 18.7 Å². The Morgan fingerprint density at radius 1 is 0.906 bits per heavy atom. The predicted octanol–water partition coefficient (Wildman–Crippen LogP) is 3.70. The minimum atomic E-state index is -3.61. The van der Waals surface area contributed by atoms with Gasteiger partial charge in [-0.1, -0.05) is 44.2 Å². The first-order valence-corrected chi connectivity index (χ1v) is 12.1. The van der Waals surface area contributed by atoms with Crippen molar-refractivity contribution in [3.05, 3.63) is 65.7 Å². The van der Waals surface area contributed by atoms with Crippen LogP contribution in [-0.2, 0) is 26.1 Å². The van der Waals surface area contributed by atoms with Gasteiger partial charge in [0.2, 0.25) is 10.0 Å². The molecule has 32 heavy (non-hydrogen) atoms. The smallest absolute Gasteiger partial charge is 0.338 e. The molecular weight excluding hydrogens is 428 g/mol. The molecule has 8 heteroatoms. The molecular formula is C24H32N2O5S. The molecule has 0 bridgehead atoms. The van der Waals surface area contributed by atoms with Crippen molar-refractivity contribution in [1.29, 1.82) is 0 Å². The monoisotopic (exact) mass is 460 g/mol. The molecule has 0 radical (unpaired) electrons. The number of nitrogens with zero attached hydrogens (tertiary/aromatic N) is 2. The van der Waals surface area contributed by atoms with Crippen LogP contribution >= 0.6 is 0 Å². The van der Waals surface area contributed by atoms with Crippen molar-refractivity contribution in [2.75, 3.05) is 19.7 Å². The summed E-state index contributed by atoms with van der Waals surface area (Å²) >= 11 is 0. The van der Waals surface area contributed by atoms with Gasteiger partial charge in [-0.3, -0.25) is 4.79 Å². The molecule has 0 aliphatic carbocycles. The minimum absolute atomic E-state index is 0.107. The molecule has 0 aliphatic rings. The SMILES string of the molecule is CCN(CC)S(=O)(=O)c1ccc(C(=O)OCC(=O)N(Cc2ccccc2)C(C)(C)C)cc1. The van der Waals surface area contributed by atoms with Crippen molar-refractivity contribution >= 4 is 21.9 Å². The van der Waals surface area contributed by atoms with Crippen molar-refractivity contribution in [2.24, 2.45) is 0 Å². The van der Waals surface area contributed by atoms with Crippen LogP contribution in [0.4, 0.5) is 0 Å². The highest BCUT2D eigenvalue weighted by Gasteiger charge is 2.27. The topological polar surface area (TPSA) is 84.0 Å². The molecule has 0 aliphatic heterocycles. The standard InChI is InChI=1S/C24H32N2O5S/c1-6-25(7-2)32(29,30)21-15-13-20(14-16-21)23(28)31-18-22(27)26(24(3,4)5)17-19-11-9-8-10-12-19/h8-16H,6-7,17-18H2,1-5H3. The van der Waals surface area contributed by atoms with Gasteiger partial charge in [-0.2, -0.15) is 4.31 Å². The molecule has 7 nitrogen and oxygen atoms in total. The summed E-state index contributed by atoms with van der Waals surface area (Å²) in [5.74, 6) is -0.992. The molecule has 0 unspecified atom stereocenters.